The van der Waals surface area contributed by atoms with Crippen molar-refractivity contribution in [2.75, 3.05) is 13.2 Å². The van der Waals surface area contributed by atoms with Gasteiger partial charge in [-0.25, -0.2) is 4.18 Å². The Hall–Kier alpha value is -1.16. The predicted molar refractivity (Wildman–Crippen MR) is 255 cm³/mol. The van der Waals surface area contributed by atoms with Crippen molar-refractivity contribution in [1.82, 2.24) is 5.32 Å². The van der Waals surface area contributed by atoms with Gasteiger partial charge < -0.3 is 35.2 Å². The number of hydrogen-bond donors (Lipinski definition) is 6. The molecule has 7 atom stereocenters. The van der Waals surface area contributed by atoms with Gasteiger partial charge in [0, 0.05) is 6.42 Å². The average molecular weight is 920 g/mol. The topological polar surface area (TPSA) is 192 Å². The van der Waals surface area contributed by atoms with Gasteiger partial charge in [0.2, 0.25) is 5.91 Å². The van der Waals surface area contributed by atoms with Gasteiger partial charge in [0.25, 0.3) is 0 Å². The third kappa shape index (κ3) is 33.9. The summed E-state index contributed by atoms with van der Waals surface area (Å²) < 4.78 is 47.8. The molecule has 6 N–H and O–H groups in total. The molecule has 7 unspecified atom stereocenters. The number of amides is 1. The number of unbranched alkanes of at least 4 members (excludes halogenated alkanes) is 31. The van der Waals surface area contributed by atoms with Crippen LogP contribution in [0.1, 0.15) is 245 Å². The fourth-order valence-electron chi connectivity index (χ4n) is 8.51. The number of carbonyl (C=O) groups excluding carboxylic acids is 1. The summed E-state index contributed by atoms with van der Waals surface area (Å²) in [6.07, 6.45) is 37.8. The van der Waals surface area contributed by atoms with Crippen molar-refractivity contribution in [2.24, 2.45) is 0 Å². The number of carbonyl (C=O) groups is 1. The van der Waals surface area contributed by atoms with Crippen LogP contribution >= 0.6 is 0 Å². The number of aliphatic hydroxyl groups is 4. The molecule has 0 aromatic carbocycles. The Labute approximate surface area is 385 Å². The molecular weight excluding hydrogens is 823 g/mol. The molecule has 374 valence electrons. The van der Waals surface area contributed by atoms with Crippen molar-refractivity contribution in [3.8, 4) is 0 Å². The number of rotatable bonds is 45. The van der Waals surface area contributed by atoms with Crippen molar-refractivity contribution in [1.29, 1.82) is 0 Å². The SMILES string of the molecule is CCCCCCCCCCCCC/C=C\CCCCCCCCCC(=O)NC(COC1OC(CO)C(O)C(OS(=O)(=O)O)C1O)C(O)CCCCCCCCCCCCCCCC. The number of aliphatic hydroxyl groups excluding tert-OH is 4. The van der Waals surface area contributed by atoms with E-state index in [-0.39, 0.29) is 18.9 Å². The van der Waals surface area contributed by atoms with Gasteiger partial charge in [-0.15, -0.1) is 0 Å². The molecule has 1 amide bonds. The molecule has 0 radical (unpaired) electrons. The second-order valence-electron chi connectivity index (χ2n) is 18.5. The summed E-state index contributed by atoms with van der Waals surface area (Å²) in [5, 5.41) is 44.9. The highest BCUT2D eigenvalue weighted by Gasteiger charge is 2.48. The molecule has 1 fully saturated rings. The van der Waals surface area contributed by atoms with Crippen LogP contribution in [0.4, 0.5) is 0 Å². The van der Waals surface area contributed by atoms with Crippen molar-refractivity contribution in [2.45, 2.75) is 288 Å². The molecule has 12 nitrogen and oxygen atoms in total. The second-order valence-corrected chi connectivity index (χ2v) is 19.5. The van der Waals surface area contributed by atoms with Crippen LogP contribution < -0.4 is 5.32 Å². The Balaban J connectivity index is 2.40. The summed E-state index contributed by atoms with van der Waals surface area (Å²) in [5.74, 6) is -0.232. The average Bonchev–Trinajstić information content (AvgIpc) is 3.25. The summed E-state index contributed by atoms with van der Waals surface area (Å²) in [4.78, 5) is 13.1. The molecule has 63 heavy (non-hydrogen) atoms. The predicted octanol–water partition coefficient (Wildman–Crippen LogP) is 11.1. The van der Waals surface area contributed by atoms with E-state index in [9.17, 15) is 38.2 Å². The zero-order chi connectivity index (χ0) is 46.2. The van der Waals surface area contributed by atoms with Crippen LogP contribution in [0.3, 0.4) is 0 Å². The molecule has 0 aromatic heterocycles. The van der Waals surface area contributed by atoms with Crippen LogP contribution in [0, 0.1) is 0 Å². The van der Waals surface area contributed by atoms with E-state index in [1.165, 1.54) is 161 Å². The summed E-state index contributed by atoms with van der Waals surface area (Å²) in [7, 11) is -5.08. The first-order chi connectivity index (χ1) is 30.5. The van der Waals surface area contributed by atoms with Gasteiger partial charge in [0.05, 0.1) is 25.4 Å². The molecule has 1 aliphatic rings. The lowest BCUT2D eigenvalue weighted by molar-refractivity contribution is -0.298. The second kappa shape index (κ2) is 41.1. The number of allylic oxidation sites excluding steroid dienone is 2. The Bertz CT molecular complexity index is 1180. The summed E-state index contributed by atoms with van der Waals surface area (Å²) in [6.45, 7) is 3.47. The number of ether oxygens (including phenoxy) is 2. The summed E-state index contributed by atoms with van der Waals surface area (Å²) in [6, 6.07) is -0.857. The molecule has 1 heterocycles. The molecule has 0 spiro atoms. The lowest BCUT2D eigenvalue weighted by atomic mass is 9.99. The van der Waals surface area contributed by atoms with E-state index in [1.54, 1.807) is 0 Å². The molecule has 0 bridgehead atoms. The van der Waals surface area contributed by atoms with Crippen molar-refractivity contribution >= 4 is 16.3 Å². The Kier molecular flexibility index (Phi) is 39.0. The van der Waals surface area contributed by atoms with Gasteiger partial charge in [0.1, 0.15) is 24.4 Å². The monoisotopic (exact) mass is 920 g/mol. The zero-order valence-electron chi connectivity index (χ0n) is 40.2. The van der Waals surface area contributed by atoms with Crippen LogP contribution in [-0.4, -0.2) is 95.4 Å². The van der Waals surface area contributed by atoms with Crippen LogP contribution in [0.2, 0.25) is 0 Å². The minimum absolute atomic E-state index is 0.232. The van der Waals surface area contributed by atoms with E-state index in [1.807, 2.05) is 0 Å². The Morgan fingerprint density at radius 3 is 1.43 bits per heavy atom. The van der Waals surface area contributed by atoms with Gasteiger partial charge in [0.15, 0.2) is 6.29 Å². The highest BCUT2D eigenvalue weighted by molar-refractivity contribution is 7.80. The van der Waals surface area contributed by atoms with Crippen LogP contribution in [0.15, 0.2) is 12.2 Å². The minimum Gasteiger partial charge on any atom is -0.394 e. The van der Waals surface area contributed by atoms with Gasteiger partial charge in [-0.3, -0.25) is 9.35 Å². The maximum absolute atomic E-state index is 13.1. The molecule has 0 saturated carbocycles. The third-order valence-corrected chi connectivity index (χ3v) is 13.0. The smallest absolute Gasteiger partial charge is 0.394 e. The normalized spacial score (nSPS) is 20.4. The first-order valence-corrected chi connectivity index (χ1v) is 27.4. The fraction of sp³-hybridized carbons (Fsp3) is 0.940. The van der Waals surface area contributed by atoms with Crippen molar-refractivity contribution < 1.29 is 51.8 Å². The fourth-order valence-corrected chi connectivity index (χ4v) is 9.02. The summed E-state index contributed by atoms with van der Waals surface area (Å²) in [5.41, 5.74) is 0. The van der Waals surface area contributed by atoms with E-state index in [0.29, 0.717) is 12.8 Å². The van der Waals surface area contributed by atoms with Crippen LogP contribution in [-0.2, 0) is 28.9 Å². The van der Waals surface area contributed by atoms with E-state index in [4.69, 9.17) is 9.47 Å². The van der Waals surface area contributed by atoms with Gasteiger partial charge in [-0.05, 0) is 38.5 Å². The molecule has 13 heteroatoms. The lowest BCUT2D eigenvalue weighted by Gasteiger charge is -2.41. The van der Waals surface area contributed by atoms with Gasteiger partial charge >= 0.3 is 10.4 Å². The Morgan fingerprint density at radius 2 is 1.02 bits per heavy atom. The van der Waals surface area contributed by atoms with E-state index < -0.39 is 59.9 Å². The van der Waals surface area contributed by atoms with E-state index >= 15 is 0 Å². The zero-order valence-corrected chi connectivity index (χ0v) is 41.0. The number of nitrogens with one attached hydrogen (secondary N) is 1. The minimum atomic E-state index is -5.08. The summed E-state index contributed by atoms with van der Waals surface area (Å²) >= 11 is 0. The van der Waals surface area contributed by atoms with Crippen molar-refractivity contribution in [3.05, 3.63) is 12.2 Å². The first-order valence-electron chi connectivity index (χ1n) is 26.1. The van der Waals surface area contributed by atoms with E-state index in [2.05, 4.69) is 35.5 Å². The van der Waals surface area contributed by atoms with Gasteiger partial charge in [-0.1, -0.05) is 212 Å². The maximum Gasteiger partial charge on any atom is 0.397 e. The quantitative estimate of drug-likeness (QED) is 0.0193. The van der Waals surface area contributed by atoms with E-state index in [0.717, 1.165) is 51.4 Å². The molecule has 1 rings (SSSR count). The molecule has 1 saturated heterocycles. The van der Waals surface area contributed by atoms with Gasteiger partial charge in [-0.2, -0.15) is 8.42 Å². The molecular formula is C50H97NO11S. The van der Waals surface area contributed by atoms with Crippen LogP contribution in [0.5, 0.6) is 0 Å². The first kappa shape index (κ1) is 59.9. The molecule has 0 aromatic rings. The standard InChI is InChI=1S/C50H97NO11S/c1-3-5-7-9-11-13-15-17-19-20-21-22-23-24-25-26-28-30-32-34-36-38-40-46(54)51-43(42-60-50-48(56)49(62-63(57,58)59)47(55)45(41-52)61-50)44(53)39-37-35-33-31-29-27-18-16-14-12-10-8-6-4-2/h23-24,43-45,47-50,52-53,55-56H,3-22,25-42H2,1-2H3,(H,51,54)(H,57,58,59)/b24-23-. The maximum atomic E-state index is 13.1. The number of hydrogen-bond acceptors (Lipinski definition) is 10. The highest BCUT2D eigenvalue weighted by Crippen LogP contribution is 2.26. The van der Waals surface area contributed by atoms with Crippen LogP contribution in [0.25, 0.3) is 0 Å². The molecule has 1 aliphatic heterocycles. The molecule has 0 aliphatic carbocycles. The third-order valence-electron chi connectivity index (χ3n) is 12.6. The lowest BCUT2D eigenvalue weighted by Crippen LogP contribution is -2.61. The largest absolute Gasteiger partial charge is 0.397 e. The van der Waals surface area contributed by atoms with Crippen molar-refractivity contribution in [3.63, 3.8) is 0 Å². The highest BCUT2D eigenvalue weighted by atomic mass is 32.3. The Morgan fingerprint density at radius 1 is 0.619 bits per heavy atom.